The van der Waals surface area contributed by atoms with Crippen molar-refractivity contribution < 1.29 is 23.4 Å². The number of carbonyl (C=O) groups excluding carboxylic acids is 1. The molecular weight excluding hydrogens is 394 g/mol. The van der Waals surface area contributed by atoms with E-state index in [4.69, 9.17) is 4.74 Å². The Morgan fingerprint density at radius 1 is 1.30 bits per heavy atom. The van der Waals surface area contributed by atoms with Crippen LogP contribution in [0.25, 0.3) is 10.9 Å². The molecule has 0 saturated heterocycles. The molecule has 1 fully saturated rings. The molecular formula is C22H20F2N2O4. The molecule has 1 aromatic heterocycles. The van der Waals surface area contributed by atoms with Crippen molar-refractivity contribution in [2.75, 3.05) is 13.7 Å². The van der Waals surface area contributed by atoms with Crippen LogP contribution in [0.4, 0.5) is 8.78 Å². The molecule has 30 heavy (non-hydrogen) atoms. The molecule has 6 nitrogen and oxygen atoms in total. The molecule has 156 valence electrons. The number of hydrogen-bond donors (Lipinski definition) is 2. The first-order valence-corrected chi connectivity index (χ1v) is 9.54. The van der Waals surface area contributed by atoms with Gasteiger partial charge in [-0.2, -0.15) is 4.39 Å². The lowest BCUT2D eigenvalue weighted by atomic mass is 10.1. The Hall–Kier alpha value is -3.26. The molecule has 0 radical (unpaired) electrons. The fourth-order valence-electron chi connectivity index (χ4n) is 3.50. The lowest BCUT2D eigenvalue weighted by Crippen LogP contribution is -2.33. The van der Waals surface area contributed by atoms with Crippen LogP contribution in [0.15, 0.2) is 47.4 Å². The lowest BCUT2D eigenvalue weighted by molar-refractivity contribution is 0.0914. The van der Waals surface area contributed by atoms with E-state index in [9.17, 15) is 23.5 Å². The van der Waals surface area contributed by atoms with Crippen molar-refractivity contribution in [1.29, 1.82) is 0 Å². The predicted octanol–water partition coefficient (Wildman–Crippen LogP) is 3.09. The second kappa shape index (κ2) is 7.87. The Balaban J connectivity index is 1.73. The lowest BCUT2D eigenvalue weighted by Gasteiger charge is -2.17. The summed E-state index contributed by atoms with van der Waals surface area (Å²) >= 11 is 0. The van der Waals surface area contributed by atoms with Gasteiger partial charge in [-0.1, -0.05) is 30.3 Å². The van der Waals surface area contributed by atoms with Gasteiger partial charge in [-0.3, -0.25) is 9.59 Å². The molecule has 1 atom stereocenters. The minimum Gasteiger partial charge on any atom is -0.491 e. The fraction of sp³-hybridized carbons (Fsp3) is 0.273. The molecule has 1 amide bonds. The maximum atomic E-state index is 14.2. The first-order valence-electron chi connectivity index (χ1n) is 9.54. The molecule has 8 heteroatoms. The van der Waals surface area contributed by atoms with E-state index >= 15 is 0 Å². The molecule has 4 rings (SSSR count). The van der Waals surface area contributed by atoms with Gasteiger partial charge in [0.2, 0.25) is 11.2 Å². The minimum atomic E-state index is -1.23. The van der Waals surface area contributed by atoms with Crippen molar-refractivity contribution in [2.45, 2.75) is 25.0 Å². The van der Waals surface area contributed by atoms with E-state index in [1.807, 2.05) is 0 Å². The molecule has 0 spiro atoms. The summed E-state index contributed by atoms with van der Waals surface area (Å²) in [7, 11) is 1.20. The van der Waals surface area contributed by atoms with Crippen molar-refractivity contribution in [3.8, 4) is 5.75 Å². The first kappa shape index (κ1) is 20.0. The maximum absolute atomic E-state index is 14.2. The zero-order chi connectivity index (χ0) is 21.4. The largest absolute Gasteiger partial charge is 0.491 e. The number of pyridine rings is 1. The normalized spacial score (nSPS) is 14.5. The number of amides is 1. The van der Waals surface area contributed by atoms with E-state index in [1.54, 1.807) is 34.9 Å². The number of nitrogens with one attached hydrogen (secondary N) is 1. The highest BCUT2D eigenvalue weighted by atomic mass is 19.2. The molecule has 0 aliphatic heterocycles. The molecule has 1 saturated carbocycles. The Kier molecular flexibility index (Phi) is 5.26. The average Bonchev–Trinajstić information content (AvgIpc) is 3.59. The van der Waals surface area contributed by atoms with E-state index in [0.717, 1.165) is 18.9 Å². The van der Waals surface area contributed by atoms with Gasteiger partial charge in [-0.05, 0) is 24.5 Å². The van der Waals surface area contributed by atoms with Crippen LogP contribution in [-0.4, -0.2) is 29.2 Å². The zero-order valence-corrected chi connectivity index (χ0v) is 16.2. The number of carbonyl (C=O) groups is 1. The SMILES string of the molecule is COc1c(F)c(F)cc2c(=O)c(C(=O)NCC(O)c3ccccc3)cn(C3CC3)c12. The summed E-state index contributed by atoms with van der Waals surface area (Å²) in [6.45, 7) is -0.106. The molecule has 1 unspecified atom stereocenters. The van der Waals surface area contributed by atoms with Crippen molar-refractivity contribution >= 4 is 16.8 Å². The smallest absolute Gasteiger partial charge is 0.256 e. The van der Waals surface area contributed by atoms with Gasteiger partial charge >= 0.3 is 0 Å². The summed E-state index contributed by atoms with van der Waals surface area (Å²) < 4.78 is 34.9. The molecule has 0 bridgehead atoms. The number of hydrogen-bond acceptors (Lipinski definition) is 4. The number of halogens is 2. The summed E-state index contributed by atoms with van der Waals surface area (Å²) in [5.41, 5.74) is -0.188. The molecule has 2 N–H and O–H groups in total. The fourth-order valence-corrected chi connectivity index (χ4v) is 3.50. The van der Waals surface area contributed by atoms with Crippen LogP contribution in [0.2, 0.25) is 0 Å². The van der Waals surface area contributed by atoms with Crippen LogP contribution in [-0.2, 0) is 0 Å². The number of rotatable bonds is 6. The monoisotopic (exact) mass is 414 g/mol. The standard InChI is InChI=1S/C22H20F2N2O4/c1-30-21-18(24)16(23)9-14-19(21)26(13-7-8-13)11-15(20(14)28)22(29)25-10-17(27)12-5-3-2-4-6-12/h2-6,9,11,13,17,27H,7-8,10H2,1H3,(H,25,29). The number of ether oxygens (including phenoxy) is 1. The van der Waals surface area contributed by atoms with Crippen molar-refractivity contribution in [3.63, 3.8) is 0 Å². The molecule has 1 aliphatic rings. The number of aliphatic hydroxyl groups is 1. The summed E-state index contributed by atoms with van der Waals surface area (Å²) in [5.74, 6) is -3.46. The van der Waals surface area contributed by atoms with E-state index in [2.05, 4.69) is 5.32 Å². The summed E-state index contributed by atoms with van der Waals surface area (Å²) in [6, 6.07) is 9.53. The van der Waals surface area contributed by atoms with Gasteiger partial charge in [0.15, 0.2) is 11.6 Å². The van der Waals surface area contributed by atoms with Crippen molar-refractivity contribution in [1.82, 2.24) is 9.88 Å². The van der Waals surface area contributed by atoms with Crippen LogP contribution >= 0.6 is 0 Å². The summed E-state index contributed by atoms with van der Waals surface area (Å²) in [6.07, 6.45) is 1.97. The minimum absolute atomic E-state index is 0.0340. The highest BCUT2D eigenvalue weighted by molar-refractivity contribution is 5.98. The number of methoxy groups -OCH3 is 1. The summed E-state index contributed by atoms with van der Waals surface area (Å²) in [5, 5.41) is 12.7. The second-order valence-corrected chi connectivity index (χ2v) is 7.25. The van der Waals surface area contributed by atoms with Crippen LogP contribution in [0.1, 0.15) is 40.9 Å². The van der Waals surface area contributed by atoms with Crippen LogP contribution in [0.3, 0.4) is 0 Å². The molecule has 2 aromatic carbocycles. The van der Waals surface area contributed by atoms with Crippen LogP contribution in [0, 0.1) is 11.6 Å². The van der Waals surface area contributed by atoms with Gasteiger partial charge in [0.05, 0.1) is 24.1 Å². The maximum Gasteiger partial charge on any atom is 0.256 e. The van der Waals surface area contributed by atoms with Gasteiger partial charge in [0.25, 0.3) is 5.91 Å². The van der Waals surface area contributed by atoms with Gasteiger partial charge in [0.1, 0.15) is 5.56 Å². The van der Waals surface area contributed by atoms with Gasteiger partial charge < -0.3 is 19.7 Å². The van der Waals surface area contributed by atoms with Gasteiger partial charge in [-0.15, -0.1) is 0 Å². The highest BCUT2D eigenvalue weighted by Crippen LogP contribution is 2.40. The third-order valence-electron chi connectivity index (χ3n) is 5.20. The topological polar surface area (TPSA) is 80.6 Å². The molecule has 1 heterocycles. The van der Waals surface area contributed by atoms with E-state index in [1.165, 1.54) is 13.3 Å². The Bertz CT molecular complexity index is 1170. The van der Waals surface area contributed by atoms with Crippen LogP contribution < -0.4 is 15.5 Å². The third kappa shape index (κ3) is 3.54. The summed E-state index contributed by atoms with van der Waals surface area (Å²) in [4.78, 5) is 25.6. The van der Waals surface area contributed by atoms with Crippen molar-refractivity contribution in [3.05, 3.63) is 75.6 Å². The first-order chi connectivity index (χ1) is 14.4. The van der Waals surface area contributed by atoms with E-state index in [-0.39, 0.29) is 34.8 Å². The average molecular weight is 414 g/mol. The predicted molar refractivity (Wildman–Crippen MR) is 107 cm³/mol. The number of aliphatic hydroxyl groups excluding tert-OH is 1. The number of aromatic nitrogens is 1. The quantitative estimate of drug-likeness (QED) is 0.650. The second-order valence-electron chi connectivity index (χ2n) is 7.25. The number of benzene rings is 2. The highest BCUT2D eigenvalue weighted by Gasteiger charge is 2.30. The third-order valence-corrected chi connectivity index (χ3v) is 5.20. The Morgan fingerprint density at radius 3 is 2.63 bits per heavy atom. The van der Waals surface area contributed by atoms with Crippen molar-refractivity contribution in [2.24, 2.45) is 0 Å². The van der Waals surface area contributed by atoms with Crippen LogP contribution in [0.5, 0.6) is 5.75 Å². The molecule has 3 aromatic rings. The Labute approximate surface area is 170 Å². The van der Waals surface area contributed by atoms with E-state index in [0.29, 0.717) is 5.56 Å². The number of nitrogens with zero attached hydrogens (tertiary/aromatic N) is 1. The number of fused-ring (bicyclic) bond motifs is 1. The zero-order valence-electron chi connectivity index (χ0n) is 16.2. The van der Waals surface area contributed by atoms with E-state index < -0.39 is 29.1 Å². The molecule has 1 aliphatic carbocycles. The van der Waals surface area contributed by atoms with Gasteiger partial charge in [-0.25, -0.2) is 4.39 Å². The van der Waals surface area contributed by atoms with Gasteiger partial charge in [0, 0.05) is 18.8 Å². The Morgan fingerprint density at radius 2 is 2.00 bits per heavy atom.